The zero-order valence-corrected chi connectivity index (χ0v) is 55.8. The molecule has 2 aliphatic carbocycles. The van der Waals surface area contributed by atoms with E-state index >= 15 is 0 Å². The average molecular weight is 1210 g/mol. The van der Waals surface area contributed by atoms with Gasteiger partial charge in [0.15, 0.2) is 0 Å². The van der Waals surface area contributed by atoms with Crippen molar-refractivity contribution >= 4 is 80.0 Å². The molecule has 0 amide bonds. The second kappa shape index (κ2) is 23.2. The number of rotatable bonds is 12. The van der Waals surface area contributed by atoms with E-state index in [-0.39, 0.29) is 21.7 Å². The Morgan fingerprint density at radius 3 is 0.904 bits per heavy atom. The number of anilines is 6. The van der Waals surface area contributed by atoms with Crippen LogP contribution in [-0.2, 0) is 21.7 Å². The molecule has 0 aromatic heterocycles. The molecule has 0 saturated heterocycles. The van der Waals surface area contributed by atoms with E-state index < -0.39 is 0 Å². The van der Waals surface area contributed by atoms with Crippen LogP contribution in [-0.4, -0.2) is 0 Å². The minimum atomic E-state index is -0.212. The molecule has 0 radical (unpaired) electrons. The maximum Gasteiger partial charge on any atom is 0.0465 e. The van der Waals surface area contributed by atoms with Crippen LogP contribution in [0.3, 0.4) is 0 Å². The molecule has 458 valence electrons. The van der Waals surface area contributed by atoms with E-state index in [1.54, 1.807) is 0 Å². The van der Waals surface area contributed by atoms with Crippen molar-refractivity contribution in [2.24, 2.45) is 0 Å². The van der Waals surface area contributed by atoms with E-state index in [9.17, 15) is 0 Å². The zero-order chi connectivity index (χ0) is 64.7. The molecule has 2 heteroatoms. The first kappa shape index (κ1) is 59.7. The van der Waals surface area contributed by atoms with Gasteiger partial charge in [0.1, 0.15) is 0 Å². The molecule has 15 rings (SSSR count). The van der Waals surface area contributed by atoms with Crippen molar-refractivity contribution in [3.05, 3.63) is 335 Å². The molecule has 13 aromatic rings. The highest BCUT2D eigenvalue weighted by Gasteiger charge is 2.38. The van der Waals surface area contributed by atoms with Crippen LogP contribution < -0.4 is 9.80 Å². The molecule has 0 spiro atoms. The van der Waals surface area contributed by atoms with Gasteiger partial charge in [-0.25, -0.2) is 0 Å². The van der Waals surface area contributed by atoms with Gasteiger partial charge in [-0.15, -0.1) is 0 Å². The maximum absolute atomic E-state index is 2.44. The van der Waals surface area contributed by atoms with Crippen molar-refractivity contribution in [3.8, 4) is 44.5 Å². The topological polar surface area (TPSA) is 6.48 Å². The van der Waals surface area contributed by atoms with Crippen molar-refractivity contribution < 1.29 is 0 Å². The van der Waals surface area contributed by atoms with Crippen LogP contribution in [0.1, 0.15) is 125 Å². The third-order valence-electron chi connectivity index (χ3n) is 20.2. The van der Waals surface area contributed by atoms with Gasteiger partial charge in [-0.2, -0.15) is 0 Å². The highest BCUT2D eigenvalue weighted by Crippen LogP contribution is 2.53. The minimum Gasteiger partial charge on any atom is -0.310 e. The van der Waals surface area contributed by atoms with Gasteiger partial charge in [0.05, 0.1) is 0 Å². The Hall–Kier alpha value is -10.5. The third kappa shape index (κ3) is 10.9. The lowest BCUT2D eigenvalue weighted by Crippen LogP contribution is -2.17. The molecule has 0 saturated carbocycles. The number of fused-ring (bicyclic) bond motifs is 8. The van der Waals surface area contributed by atoms with Crippen molar-refractivity contribution in [1.29, 1.82) is 0 Å². The monoisotopic (exact) mass is 1210 g/mol. The molecule has 2 nitrogen and oxygen atoms in total. The maximum atomic E-state index is 2.44. The summed E-state index contributed by atoms with van der Waals surface area (Å²) in [6.07, 6.45) is 9.01. The summed E-state index contributed by atoms with van der Waals surface area (Å²) in [7, 11) is 0. The molecule has 94 heavy (non-hydrogen) atoms. The number of nitrogens with zero attached hydrogens (tertiary/aromatic N) is 2. The lowest BCUT2D eigenvalue weighted by Gasteiger charge is -2.29. The quantitative estimate of drug-likeness (QED) is 0.113. The van der Waals surface area contributed by atoms with Crippen LogP contribution >= 0.6 is 0 Å². The largest absolute Gasteiger partial charge is 0.310 e. The van der Waals surface area contributed by atoms with Crippen LogP contribution in [0.2, 0.25) is 0 Å². The molecular weight excluding hydrogens is 1130 g/mol. The van der Waals surface area contributed by atoms with Gasteiger partial charge in [0.2, 0.25) is 0 Å². The van der Waals surface area contributed by atoms with Crippen LogP contribution in [0, 0.1) is 0 Å². The van der Waals surface area contributed by atoms with Crippen molar-refractivity contribution in [2.45, 2.75) is 90.9 Å². The highest BCUT2D eigenvalue weighted by molar-refractivity contribution is 5.99. The Morgan fingerprint density at radius 2 is 0.543 bits per heavy atom. The van der Waals surface area contributed by atoms with Gasteiger partial charge in [0.25, 0.3) is 0 Å². The van der Waals surface area contributed by atoms with Crippen LogP contribution in [0.15, 0.2) is 279 Å². The summed E-state index contributed by atoms with van der Waals surface area (Å²) >= 11 is 0. The van der Waals surface area contributed by atoms with E-state index in [2.05, 4.69) is 382 Å². The first-order valence-corrected chi connectivity index (χ1v) is 33.4. The Balaban J connectivity index is 0.653. The first-order valence-electron chi connectivity index (χ1n) is 33.4. The average Bonchev–Trinajstić information content (AvgIpc) is 1.58. The predicted octanol–water partition coefficient (Wildman–Crippen LogP) is 25.8. The second-order valence-corrected chi connectivity index (χ2v) is 29.1. The molecule has 0 unspecified atom stereocenters. The van der Waals surface area contributed by atoms with Crippen molar-refractivity contribution in [3.63, 3.8) is 0 Å². The molecule has 13 aromatic carbocycles. The lowest BCUT2D eigenvalue weighted by molar-refractivity contribution is 0.590. The van der Waals surface area contributed by atoms with Gasteiger partial charge < -0.3 is 9.80 Å². The molecule has 0 N–H and O–H groups in total. The SMILES string of the molecule is CC(C)(C)c1ccc(N(c2ccc(-c3cccc4ccccc34)cc2)c2ccc3c(c2)C(C)(C)c2cc(/C=C/c4ccc(/C=C/c5ccc6c(c5)C(C)(C)c5cc(N(c7ccc(-c8cccc9ccccc89)cc7)c7ccc(C(C)(C)C)cc7)ccc5-6)cc4)ccc2-3)cc1. The minimum absolute atomic E-state index is 0.0538. The van der Waals surface area contributed by atoms with Crippen molar-refractivity contribution in [1.82, 2.24) is 0 Å². The van der Waals surface area contributed by atoms with E-state index in [4.69, 9.17) is 0 Å². The number of benzene rings is 13. The Kier molecular flexibility index (Phi) is 14.8. The van der Waals surface area contributed by atoms with E-state index in [1.807, 2.05) is 0 Å². The number of hydrogen-bond acceptors (Lipinski definition) is 2. The zero-order valence-electron chi connectivity index (χ0n) is 55.8. The van der Waals surface area contributed by atoms with E-state index in [1.165, 1.54) is 122 Å². The summed E-state index contributed by atoms with van der Waals surface area (Å²) in [4.78, 5) is 4.84. The summed E-state index contributed by atoms with van der Waals surface area (Å²) in [6.45, 7) is 23.2. The van der Waals surface area contributed by atoms with Gasteiger partial charge in [-0.1, -0.05) is 300 Å². The molecule has 0 heterocycles. The van der Waals surface area contributed by atoms with E-state index in [0.717, 1.165) is 34.1 Å². The molecular formula is C92H80N2. The van der Waals surface area contributed by atoms with Gasteiger partial charge >= 0.3 is 0 Å². The summed E-state index contributed by atoms with van der Waals surface area (Å²) in [5.41, 5.74) is 29.4. The summed E-state index contributed by atoms with van der Waals surface area (Å²) < 4.78 is 0. The normalized spacial score (nSPS) is 13.7. The standard InChI is InChI=1S/C92H80N2/c1-89(2,3)69-39-47-73(48-40-69)93(71-43-35-67(36-44-71)79-23-15-19-65-17-11-13-21-77(65)79)75-51-55-83-81-53-33-63(57-85(81)91(7,8)87(83)59-75)31-29-61-25-27-62(28-26-61)30-32-64-34-54-82-84-56-52-76(60-88(84)92(9,10)86(82)58-64)94(74-49-41-70(42-50-74)90(4,5)6)72-45-37-68(38-46-72)80-24-16-20-66-18-12-14-22-78(66)80/h11-60H,1-10H3/b31-29+,32-30+. The Labute approximate surface area is 556 Å². The summed E-state index contributed by atoms with van der Waals surface area (Å²) in [5.74, 6) is 0. The van der Waals surface area contributed by atoms with Gasteiger partial charge in [0, 0.05) is 45.0 Å². The van der Waals surface area contributed by atoms with Crippen LogP contribution in [0.4, 0.5) is 34.1 Å². The molecule has 0 atom stereocenters. The molecule has 2 aliphatic rings. The Morgan fingerprint density at radius 1 is 0.255 bits per heavy atom. The van der Waals surface area contributed by atoms with E-state index in [0.29, 0.717) is 0 Å². The second-order valence-electron chi connectivity index (χ2n) is 29.1. The van der Waals surface area contributed by atoms with Crippen LogP contribution in [0.25, 0.3) is 90.4 Å². The number of hydrogen-bond donors (Lipinski definition) is 0. The summed E-state index contributed by atoms with van der Waals surface area (Å²) in [6, 6.07) is 104. The third-order valence-corrected chi connectivity index (χ3v) is 20.2. The fraction of sp³-hybridized carbons (Fsp3) is 0.152. The summed E-state index contributed by atoms with van der Waals surface area (Å²) in [5, 5.41) is 5.03. The predicted molar refractivity (Wildman–Crippen MR) is 405 cm³/mol. The molecule has 0 bridgehead atoms. The van der Waals surface area contributed by atoms with Gasteiger partial charge in [-0.05, 0) is 205 Å². The lowest BCUT2D eigenvalue weighted by atomic mass is 9.81. The fourth-order valence-corrected chi connectivity index (χ4v) is 14.7. The Bertz CT molecular complexity index is 4760. The smallest absolute Gasteiger partial charge is 0.0465 e. The fourth-order valence-electron chi connectivity index (χ4n) is 14.7. The van der Waals surface area contributed by atoms with Crippen LogP contribution in [0.5, 0.6) is 0 Å². The molecule has 0 aliphatic heterocycles. The molecule has 0 fully saturated rings. The van der Waals surface area contributed by atoms with Crippen molar-refractivity contribution in [2.75, 3.05) is 9.80 Å². The highest BCUT2D eigenvalue weighted by atomic mass is 15.1. The van der Waals surface area contributed by atoms with Gasteiger partial charge in [-0.3, -0.25) is 0 Å². The first-order chi connectivity index (χ1) is 45.3.